The van der Waals surface area contributed by atoms with Crippen molar-refractivity contribution in [3.8, 4) is 22.9 Å². The molecule has 0 aliphatic carbocycles. The highest BCUT2D eigenvalue weighted by Gasteiger charge is 2.15. The standard InChI is InChI=1S/C15H12N6O3/c22-14(17-11-3-4-12-13(6-11)24-9-23-12)8-21-19-15(18-20-21)10-2-1-5-16-7-10/h1-7H,8-9H2,(H,17,22). The number of aromatic nitrogens is 5. The second kappa shape index (κ2) is 5.95. The van der Waals surface area contributed by atoms with Gasteiger partial charge in [0.15, 0.2) is 11.5 Å². The Hall–Kier alpha value is -3.49. The zero-order valence-corrected chi connectivity index (χ0v) is 12.4. The summed E-state index contributed by atoms with van der Waals surface area (Å²) in [5.74, 6) is 1.40. The molecule has 0 radical (unpaired) electrons. The lowest BCUT2D eigenvalue weighted by atomic mass is 10.3. The molecule has 0 saturated carbocycles. The molecule has 1 aromatic carbocycles. The van der Waals surface area contributed by atoms with E-state index in [4.69, 9.17) is 9.47 Å². The van der Waals surface area contributed by atoms with Crippen molar-refractivity contribution in [1.82, 2.24) is 25.2 Å². The second-order valence-corrected chi connectivity index (χ2v) is 5.00. The normalized spacial score (nSPS) is 12.2. The predicted octanol–water partition coefficient (Wildman–Crippen LogP) is 1.10. The summed E-state index contributed by atoms with van der Waals surface area (Å²) in [6.07, 6.45) is 3.29. The first-order chi connectivity index (χ1) is 11.8. The van der Waals surface area contributed by atoms with Gasteiger partial charge in [-0.15, -0.1) is 10.2 Å². The molecule has 4 rings (SSSR count). The number of pyridine rings is 1. The molecule has 1 amide bonds. The van der Waals surface area contributed by atoms with E-state index in [0.29, 0.717) is 23.0 Å². The van der Waals surface area contributed by atoms with Gasteiger partial charge in [-0.3, -0.25) is 9.78 Å². The molecule has 0 saturated heterocycles. The summed E-state index contributed by atoms with van der Waals surface area (Å²) in [5.41, 5.74) is 1.34. The number of fused-ring (bicyclic) bond motifs is 1. The van der Waals surface area contributed by atoms with Gasteiger partial charge in [0, 0.05) is 29.7 Å². The first-order valence-corrected chi connectivity index (χ1v) is 7.16. The van der Waals surface area contributed by atoms with Crippen LogP contribution in [0.3, 0.4) is 0 Å². The SMILES string of the molecule is O=C(Cn1nnc(-c2cccnc2)n1)Nc1ccc2c(c1)OCO2. The molecule has 1 N–H and O–H groups in total. The van der Waals surface area contributed by atoms with Crippen LogP contribution in [0.5, 0.6) is 11.5 Å². The highest BCUT2D eigenvalue weighted by atomic mass is 16.7. The number of nitrogens with one attached hydrogen (secondary N) is 1. The minimum absolute atomic E-state index is 0.0539. The number of benzene rings is 1. The van der Waals surface area contributed by atoms with Gasteiger partial charge in [-0.1, -0.05) is 0 Å². The van der Waals surface area contributed by atoms with Crippen LogP contribution in [-0.2, 0) is 11.3 Å². The Kier molecular flexibility index (Phi) is 3.50. The predicted molar refractivity (Wildman–Crippen MR) is 82.2 cm³/mol. The number of carbonyl (C=O) groups excluding carboxylic acids is 1. The summed E-state index contributed by atoms with van der Waals surface area (Å²) in [5, 5.41) is 14.7. The first-order valence-electron chi connectivity index (χ1n) is 7.16. The lowest BCUT2D eigenvalue weighted by Crippen LogP contribution is -2.20. The van der Waals surface area contributed by atoms with Gasteiger partial charge in [-0.25, -0.2) is 0 Å². The quantitative estimate of drug-likeness (QED) is 0.766. The third-order valence-electron chi connectivity index (χ3n) is 3.31. The summed E-state index contributed by atoms with van der Waals surface area (Å²) >= 11 is 0. The highest BCUT2D eigenvalue weighted by molar-refractivity contribution is 5.90. The fourth-order valence-corrected chi connectivity index (χ4v) is 2.22. The molecule has 0 atom stereocenters. The number of hydrogen-bond acceptors (Lipinski definition) is 7. The number of ether oxygens (including phenoxy) is 2. The molecule has 1 aliphatic heterocycles. The van der Waals surface area contributed by atoms with E-state index in [0.717, 1.165) is 5.56 Å². The lowest BCUT2D eigenvalue weighted by molar-refractivity contribution is -0.117. The molecule has 3 heterocycles. The van der Waals surface area contributed by atoms with E-state index in [1.165, 1.54) is 4.80 Å². The van der Waals surface area contributed by atoms with E-state index in [2.05, 4.69) is 25.7 Å². The number of hydrogen-bond donors (Lipinski definition) is 1. The number of tetrazole rings is 1. The molecule has 9 nitrogen and oxygen atoms in total. The fourth-order valence-electron chi connectivity index (χ4n) is 2.22. The summed E-state index contributed by atoms with van der Waals surface area (Å²) in [6, 6.07) is 8.78. The molecule has 0 spiro atoms. The molecule has 0 fully saturated rings. The Morgan fingerprint density at radius 1 is 1.25 bits per heavy atom. The van der Waals surface area contributed by atoms with E-state index >= 15 is 0 Å². The molecule has 9 heteroatoms. The van der Waals surface area contributed by atoms with Crippen LogP contribution >= 0.6 is 0 Å². The number of nitrogens with zero attached hydrogens (tertiary/aromatic N) is 5. The van der Waals surface area contributed by atoms with Crippen LogP contribution in [0.2, 0.25) is 0 Å². The summed E-state index contributed by atoms with van der Waals surface area (Å²) < 4.78 is 10.5. The van der Waals surface area contributed by atoms with Crippen molar-refractivity contribution in [3.05, 3.63) is 42.7 Å². The number of rotatable bonds is 4. The van der Waals surface area contributed by atoms with Gasteiger partial charge in [0.05, 0.1) is 0 Å². The summed E-state index contributed by atoms with van der Waals surface area (Å²) in [7, 11) is 0. The Morgan fingerprint density at radius 3 is 3.04 bits per heavy atom. The maximum absolute atomic E-state index is 12.1. The maximum atomic E-state index is 12.1. The minimum atomic E-state index is -0.274. The topological polar surface area (TPSA) is 104 Å². The molecule has 1 aliphatic rings. The molecule has 120 valence electrons. The van der Waals surface area contributed by atoms with E-state index in [1.54, 1.807) is 36.7 Å². The van der Waals surface area contributed by atoms with Gasteiger partial charge < -0.3 is 14.8 Å². The molecular weight excluding hydrogens is 312 g/mol. The average Bonchev–Trinajstić information content (AvgIpc) is 3.24. The van der Waals surface area contributed by atoms with Crippen LogP contribution in [0.25, 0.3) is 11.4 Å². The van der Waals surface area contributed by atoms with Crippen LogP contribution in [0.4, 0.5) is 5.69 Å². The largest absolute Gasteiger partial charge is 0.454 e. The fraction of sp³-hybridized carbons (Fsp3) is 0.133. The van der Waals surface area contributed by atoms with Gasteiger partial charge in [-0.2, -0.15) is 4.80 Å². The maximum Gasteiger partial charge on any atom is 0.248 e. The Morgan fingerprint density at radius 2 is 2.17 bits per heavy atom. The van der Waals surface area contributed by atoms with Crippen LogP contribution in [0.15, 0.2) is 42.7 Å². The van der Waals surface area contributed by atoms with Crippen LogP contribution < -0.4 is 14.8 Å². The summed E-state index contributed by atoms with van der Waals surface area (Å²) in [6.45, 7) is 0.133. The zero-order valence-electron chi connectivity index (χ0n) is 12.4. The molecule has 2 aromatic heterocycles. The van der Waals surface area contributed by atoms with E-state index in [-0.39, 0.29) is 19.2 Å². The molecule has 24 heavy (non-hydrogen) atoms. The minimum Gasteiger partial charge on any atom is -0.454 e. The first kappa shape index (κ1) is 14.1. The Bertz CT molecular complexity index is 880. The molecular formula is C15H12N6O3. The number of amides is 1. The van der Waals surface area contributed by atoms with Gasteiger partial charge in [0.2, 0.25) is 18.5 Å². The molecule has 0 unspecified atom stereocenters. The highest BCUT2D eigenvalue weighted by Crippen LogP contribution is 2.34. The van der Waals surface area contributed by atoms with Crippen molar-refractivity contribution >= 4 is 11.6 Å². The third-order valence-corrected chi connectivity index (χ3v) is 3.31. The van der Waals surface area contributed by atoms with Crippen molar-refractivity contribution in [3.63, 3.8) is 0 Å². The smallest absolute Gasteiger partial charge is 0.248 e. The zero-order chi connectivity index (χ0) is 16.4. The van der Waals surface area contributed by atoms with Gasteiger partial charge in [0.25, 0.3) is 0 Å². The van der Waals surface area contributed by atoms with Gasteiger partial charge in [0.1, 0.15) is 6.54 Å². The van der Waals surface area contributed by atoms with E-state index < -0.39 is 0 Å². The van der Waals surface area contributed by atoms with Crippen molar-refractivity contribution in [2.75, 3.05) is 12.1 Å². The summed E-state index contributed by atoms with van der Waals surface area (Å²) in [4.78, 5) is 17.3. The number of carbonyl (C=O) groups is 1. The number of anilines is 1. The van der Waals surface area contributed by atoms with Crippen molar-refractivity contribution in [2.24, 2.45) is 0 Å². The van der Waals surface area contributed by atoms with Crippen molar-refractivity contribution in [2.45, 2.75) is 6.54 Å². The second-order valence-electron chi connectivity index (χ2n) is 5.00. The van der Waals surface area contributed by atoms with Crippen LogP contribution in [0.1, 0.15) is 0 Å². The molecule has 0 bridgehead atoms. The van der Waals surface area contributed by atoms with Crippen LogP contribution in [-0.4, -0.2) is 37.9 Å². The monoisotopic (exact) mass is 324 g/mol. The van der Waals surface area contributed by atoms with Crippen molar-refractivity contribution < 1.29 is 14.3 Å². The van der Waals surface area contributed by atoms with Crippen molar-refractivity contribution in [1.29, 1.82) is 0 Å². The Labute approximate surface area is 136 Å². The molecule has 3 aromatic rings. The van der Waals surface area contributed by atoms with Gasteiger partial charge in [-0.05, 0) is 29.5 Å². The Balaban J connectivity index is 1.42. The lowest BCUT2D eigenvalue weighted by Gasteiger charge is -2.05. The van der Waals surface area contributed by atoms with Gasteiger partial charge >= 0.3 is 0 Å². The average molecular weight is 324 g/mol. The third kappa shape index (κ3) is 2.86. The van der Waals surface area contributed by atoms with E-state index in [9.17, 15) is 4.79 Å². The van der Waals surface area contributed by atoms with Crippen LogP contribution in [0, 0.1) is 0 Å². The van der Waals surface area contributed by atoms with E-state index in [1.807, 2.05) is 6.07 Å².